The molecular weight excluding hydrogens is 386 g/mol. The summed E-state index contributed by atoms with van der Waals surface area (Å²) in [6.07, 6.45) is 6.80. The fraction of sp³-hybridized carbons (Fsp3) is 0.526. The quantitative estimate of drug-likeness (QED) is 0.488. The molecule has 3 heterocycles. The highest BCUT2D eigenvalue weighted by molar-refractivity contribution is 7.17. The Hall–Kier alpha value is -1.24. The van der Waals surface area contributed by atoms with Gasteiger partial charge in [0.1, 0.15) is 10.7 Å². The zero-order valence-corrected chi connectivity index (χ0v) is 18.0. The minimum atomic E-state index is -0.388. The van der Waals surface area contributed by atoms with Crippen molar-refractivity contribution in [1.29, 1.82) is 0 Å². The third kappa shape index (κ3) is 3.23. The Morgan fingerprint density at radius 1 is 1.23 bits per heavy atom. The molecule has 0 saturated heterocycles. The Labute approximate surface area is 168 Å². The van der Waals surface area contributed by atoms with E-state index >= 15 is 0 Å². The Morgan fingerprint density at radius 3 is 2.58 bits per heavy atom. The maximum atomic E-state index is 13.1. The summed E-state index contributed by atoms with van der Waals surface area (Å²) in [5, 5.41) is 2.97. The second-order valence-electron chi connectivity index (χ2n) is 7.90. The Bertz CT molecular complexity index is 942. The van der Waals surface area contributed by atoms with Crippen LogP contribution in [-0.4, -0.2) is 20.2 Å². The SMILES string of the molecule is Cc1nc2sccn2c1-c1nc(C2CCCC2)c(C(=O)C(C)(C)C)s1.Cl. The van der Waals surface area contributed by atoms with Crippen LogP contribution in [0.2, 0.25) is 0 Å². The molecule has 26 heavy (non-hydrogen) atoms. The molecule has 0 amide bonds. The van der Waals surface area contributed by atoms with Crippen LogP contribution in [0.5, 0.6) is 0 Å². The second kappa shape index (κ2) is 7.06. The maximum Gasteiger partial charge on any atom is 0.194 e. The number of ketones is 1. The van der Waals surface area contributed by atoms with E-state index in [1.807, 2.05) is 39.3 Å². The van der Waals surface area contributed by atoms with Gasteiger partial charge in [-0.05, 0) is 19.8 Å². The minimum Gasteiger partial charge on any atom is -0.293 e. The van der Waals surface area contributed by atoms with Crippen molar-refractivity contribution in [3.05, 3.63) is 27.8 Å². The number of aryl methyl sites for hydroxylation is 1. The molecule has 0 N–H and O–H groups in total. The van der Waals surface area contributed by atoms with Gasteiger partial charge in [-0.2, -0.15) is 0 Å². The standard InChI is InChI=1S/C19H23N3OS2.ClH/c1-11-14(22-9-10-24-18(22)20-11)17-21-13(12-7-5-6-8-12)15(25-17)16(23)19(2,3)4;/h9-10,12H,5-8H2,1-4H3;1H. The van der Waals surface area contributed by atoms with E-state index in [4.69, 9.17) is 4.98 Å². The van der Waals surface area contributed by atoms with Crippen LogP contribution < -0.4 is 0 Å². The lowest BCUT2D eigenvalue weighted by Gasteiger charge is -2.17. The molecule has 0 spiro atoms. The van der Waals surface area contributed by atoms with Crippen molar-refractivity contribution >= 4 is 45.8 Å². The summed E-state index contributed by atoms with van der Waals surface area (Å²) in [5.41, 5.74) is 2.66. The summed E-state index contributed by atoms with van der Waals surface area (Å²) in [6.45, 7) is 8.01. The van der Waals surface area contributed by atoms with E-state index in [9.17, 15) is 4.79 Å². The van der Waals surface area contributed by atoms with E-state index in [0.29, 0.717) is 5.92 Å². The summed E-state index contributed by atoms with van der Waals surface area (Å²) in [7, 11) is 0. The van der Waals surface area contributed by atoms with E-state index in [1.54, 1.807) is 22.7 Å². The molecule has 140 valence electrons. The number of halogens is 1. The first-order chi connectivity index (χ1) is 11.9. The lowest BCUT2D eigenvalue weighted by Crippen LogP contribution is -2.20. The average Bonchev–Trinajstić information content (AvgIpc) is 3.28. The van der Waals surface area contributed by atoms with Gasteiger partial charge < -0.3 is 0 Å². The molecule has 4 nitrogen and oxygen atoms in total. The number of imidazole rings is 1. The van der Waals surface area contributed by atoms with Gasteiger partial charge in [0, 0.05) is 22.9 Å². The van der Waals surface area contributed by atoms with Crippen molar-refractivity contribution in [2.24, 2.45) is 5.41 Å². The highest BCUT2D eigenvalue weighted by atomic mass is 35.5. The molecule has 1 aliphatic rings. The Balaban J connectivity index is 0.00000196. The number of aromatic nitrogens is 3. The average molecular weight is 410 g/mol. The van der Waals surface area contributed by atoms with Gasteiger partial charge in [0.15, 0.2) is 10.7 Å². The van der Waals surface area contributed by atoms with Gasteiger partial charge in [0.25, 0.3) is 0 Å². The predicted octanol–water partition coefficient (Wildman–Crippen LogP) is 6.14. The highest BCUT2D eigenvalue weighted by Gasteiger charge is 2.33. The van der Waals surface area contributed by atoms with Gasteiger partial charge >= 0.3 is 0 Å². The Kier molecular flexibility index (Phi) is 5.30. The summed E-state index contributed by atoms with van der Waals surface area (Å²) >= 11 is 3.18. The molecule has 0 unspecified atom stereocenters. The van der Waals surface area contributed by atoms with Gasteiger partial charge in [0.2, 0.25) is 0 Å². The summed E-state index contributed by atoms with van der Waals surface area (Å²) < 4.78 is 2.10. The van der Waals surface area contributed by atoms with Crippen LogP contribution in [0.3, 0.4) is 0 Å². The lowest BCUT2D eigenvalue weighted by molar-refractivity contribution is 0.0861. The number of fused-ring (bicyclic) bond motifs is 1. The van der Waals surface area contributed by atoms with Gasteiger partial charge in [-0.25, -0.2) is 9.97 Å². The van der Waals surface area contributed by atoms with Crippen LogP contribution in [0.25, 0.3) is 15.7 Å². The molecule has 7 heteroatoms. The zero-order chi connectivity index (χ0) is 17.8. The maximum absolute atomic E-state index is 13.1. The topological polar surface area (TPSA) is 47.3 Å². The largest absolute Gasteiger partial charge is 0.293 e. The van der Waals surface area contributed by atoms with Crippen LogP contribution in [0.1, 0.15) is 73.4 Å². The van der Waals surface area contributed by atoms with E-state index in [-0.39, 0.29) is 23.6 Å². The number of Topliss-reactive ketones (excluding diaryl/α,β-unsaturated/α-hetero) is 1. The predicted molar refractivity (Wildman–Crippen MR) is 111 cm³/mol. The van der Waals surface area contributed by atoms with Crippen molar-refractivity contribution in [3.8, 4) is 10.7 Å². The normalized spacial score (nSPS) is 15.5. The number of nitrogens with zero attached hydrogens (tertiary/aromatic N) is 3. The van der Waals surface area contributed by atoms with E-state index in [0.717, 1.165) is 44.8 Å². The molecule has 0 aliphatic heterocycles. The first-order valence-corrected chi connectivity index (χ1v) is 10.5. The summed E-state index contributed by atoms with van der Waals surface area (Å²) in [4.78, 5) is 24.6. The molecule has 1 fully saturated rings. The van der Waals surface area contributed by atoms with Crippen LogP contribution in [0.4, 0.5) is 0 Å². The molecule has 1 saturated carbocycles. The number of carbonyl (C=O) groups excluding carboxylic acids is 1. The third-order valence-corrected chi connectivity index (χ3v) is 6.75. The summed E-state index contributed by atoms with van der Waals surface area (Å²) in [5.74, 6) is 0.638. The van der Waals surface area contributed by atoms with E-state index < -0.39 is 0 Å². The van der Waals surface area contributed by atoms with Crippen molar-refractivity contribution in [2.75, 3.05) is 0 Å². The van der Waals surface area contributed by atoms with Crippen molar-refractivity contribution in [2.45, 2.75) is 59.3 Å². The highest BCUT2D eigenvalue weighted by Crippen LogP contribution is 2.42. The third-order valence-electron chi connectivity index (χ3n) is 4.92. The zero-order valence-electron chi connectivity index (χ0n) is 15.5. The number of hydrogen-bond acceptors (Lipinski definition) is 5. The first kappa shape index (κ1) is 19.5. The van der Waals surface area contributed by atoms with Gasteiger partial charge in [0.05, 0.1) is 16.3 Å². The van der Waals surface area contributed by atoms with Crippen LogP contribution in [-0.2, 0) is 0 Å². The van der Waals surface area contributed by atoms with Crippen molar-refractivity contribution < 1.29 is 4.79 Å². The molecule has 1 aliphatic carbocycles. The summed E-state index contributed by atoms with van der Waals surface area (Å²) in [6, 6.07) is 0. The van der Waals surface area contributed by atoms with E-state index in [1.165, 1.54) is 12.8 Å². The molecule has 0 radical (unpaired) electrons. The first-order valence-electron chi connectivity index (χ1n) is 8.84. The fourth-order valence-electron chi connectivity index (χ4n) is 3.56. The van der Waals surface area contributed by atoms with Gasteiger partial charge in [-0.1, -0.05) is 33.6 Å². The number of thiazole rings is 2. The van der Waals surface area contributed by atoms with Crippen LogP contribution in [0, 0.1) is 12.3 Å². The number of carbonyl (C=O) groups is 1. The Morgan fingerprint density at radius 2 is 1.92 bits per heavy atom. The molecule has 3 aromatic rings. The van der Waals surface area contributed by atoms with Crippen LogP contribution >= 0.6 is 35.1 Å². The number of hydrogen-bond donors (Lipinski definition) is 0. The number of rotatable bonds is 3. The van der Waals surface area contributed by atoms with E-state index in [2.05, 4.69) is 9.38 Å². The monoisotopic (exact) mass is 409 g/mol. The minimum absolute atomic E-state index is 0. The van der Waals surface area contributed by atoms with Crippen molar-refractivity contribution in [3.63, 3.8) is 0 Å². The lowest BCUT2D eigenvalue weighted by atomic mass is 9.87. The molecule has 0 bridgehead atoms. The molecule has 3 aromatic heterocycles. The molecule has 0 atom stereocenters. The fourth-order valence-corrected chi connectivity index (χ4v) is 5.72. The van der Waals surface area contributed by atoms with Gasteiger partial charge in [-0.15, -0.1) is 35.1 Å². The second-order valence-corrected chi connectivity index (χ2v) is 9.77. The smallest absolute Gasteiger partial charge is 0.194 e. The van der Waals surface area contributed by atoms with Gasteiger partial charge in [-0.3, -0.25) is 9.20 Å². The van der Waals surface area contributed by atoms with Crippen molar-refractivity contribution in [1.82, 2.24) is 14.4 Å². The molecular formula is C19H24ClN3OS2. The molecule has 0 aromatic carbocycles. The van der Waals surface area contributed by atoms with Crippen LogP contribution in [0.15, 0.2) is 11.6 Å². The molecule has 4 rings (SSSR count).